The largest absolute Gasteiger partial charge is 0.573 e. The molecule has 0 aliphatic heterocycles. The topological polar surface area (TPSA) is 82.8 Å². The van der Waals surface area contributed by atoms with E-state index in [1.54, 1.807) is 0 Å². The van der Waals surface area contributed by atoms with E-state index in [0.717, 1.165) is 19.4 Å². The first-order valence-corrected chi connectivity index (χ1v) is 6.14. The molecule has 0 spiro atoms. The quantitative estimate of drug-likeness (QED) is 0.669. The molecule has 2 aromatic rings. The van der Waals surface area contributed by atoms with Crippen LogP contribution in [-0.2, 0) is 11.3 Å². The fraction of sp³-hybridized carbons (Fsp3) is 0.231. The van der Waals surface area contributed by atoms with Crippen molar-refractivity contribution in [2.45, 2.75) is 13.0 Å². The van der Waals surface area contributed by atoms with Crippen molar-refractivity contribution in [3.05, 3.63) is 41.6 Å². The number of carbonyl (C=O) groups excluding carboxylic acids is 1. The molecule has 1 aromatic heterocycles. The second-order valence-corrected chi connectivity index (χ2v) is 4.18. The smallest absolute Gasteiger partial charge is 0.471 e. The van der Waals surface area contributed by atoms with Crippen LogP contribution in [0.5, 0.6) is 11.6 Å². The highest BCUT2D eigenvalue weighted by Gasteiger charge is 2.33. The minimum absolute atomic E-state index is 0.0508. The van der Waals surface area contributed by atoms with Crippen LogP contribution in [0.1, 0.15) is 15.9 Å². The molecule has 0 amide bonds. The van der Waals surface area contributed by atoms with E-state index < -0.39 is 24.7 Å². The van der Waals surface area contributed by atoms with Crippen LogP contribution in [0.25, 0.3) is 0 Å². The highest BCUT2D eigenvalue weighted by molar-refractivity contribution is 5.91. The SMILES string of the molecule is COC(=O)c1cccc(OC(F)(F)F)c1COc1ccn(O)n1. The van der Waals surface area contributed by atoms with Crippen molar-refractivity contribution < 1.29 is 37.4 Å². The van der Waals surface area contributed by atoms with Crippen LogP contribution in [0.15, 0.2) is 30.5 Å². The highest BCUT2D eigenvalue weighted by atomic mass is 19.4. The number of benzene rings is 1. The number of hydrogen-bond acceptors (Lipinski definition) is 6. The molecule has 0 atom stereocenters. The summed E-state index contributed by atoms with van der Waals surface area (Å²) in [7, 11) is 1.09. The molecule has 2 rings (SSSR count). The summed E-state index contributed by atoms with van der Waals surface area (Å²) in [5, 5.41) is 12.5. The molecule has 0 aliphatic rings. The summed E-state index contributed by atoms with van der Waals surface area (Å²) in [5.41, 5.74) is -0.304. The summed E-state index contributed by atoms with van der Waals surface area (Å²) in [6, 6.07) is 4.83. The van der Waals surface area contributed by atoms with Gasteiger partial charge in [-0.15, -0.1) is 18.0 Å². The van der Waals surface area contributed by atoms with Crippen molar-refractivity contribution >= 4 is 5.97 Å². The average Bonchev–Trinajstić information content (AvgIpc) is 2.89. The number of aromatic nitrogens is 2. The Morgan fingerprint density at radius 2 is 2.09 bits per heavy atom. The summed E-state index contributed by atoms with van der Waals surface area (Å²) in [4.78, 5) is 12.2. The van der Waals surface area contributed by atoms with E-state index in [-0.39, 0.29) is 17.0 Å². The van der Waals surface area contributed by atoms with Gasteiger partial charge in [0.05, 0.1) is 18.9 Å². The number of esters is 1. The molecule has 0 saturated heterocycles. The molecule has 0 radical (unpaired) electrons. The zero-order chi connectivity index (χ0) is 17.0. The van der Waals surface area contributed by atoms with Crippen LogP contribution in [0.4, 0.5) is 13.2 Å². The number of methoxy groups -OCH3 is 1. The molecule has 23 heavy (non-hydrogen) atoms. The predicted octanol–water partition coefficient (Wildman–Crippen LogP) is 2.38. The van der Waals surface area contributed by atoms with Crippen molar-refractivity contribution in [2.24, 2.45) is 0 Å². The maximum atomic E-state index is 12.5. The minimum Gasteiger partial charge on any atom is -0.471 e. The number of halogens is 3. The third-order valence-corrected chi connectivity index (χ3v) is 2.68. The third kappa shape index (κ3) is 4.28. The lowest BCUT2D eigenvalue weighted by Gasteiger charge is -2.15. The monoisotopic (exact) mass is 332 g/mol. The van der Waals surface area contributed by atoms with Crippen LogP contribution in [0.3, 0.4) is 0 Å². The summed E-state index contributed by atoms with van der Waals surface area (Å²) in [5.74, 6) is -1.49. The van der Waals surface area contributed by atoms with Crippen molar-refractivity contribution in [1.29, 1.82) is 0 Å². The maximum Gasteiger partial charge on any atom is 0.573 e. The van der Waals surface area contributed by atoms with E-state index in [1.165, 1.54) is 18.2 Å². The third-order valence-electron chi connectivity index (χ3n) is 2.68. The average molecular weight is 332 g/mol. The fourth-order valence-corrected chi connectivity index (χ4v) is 1.76. The number of hydrogen-bond donors (Lipinski definition) is 1. The van der Waals surface area contributed by atoms with Crippen molar-refractivity contribution in [3.8, 4) is 11.6 Å². The van der Waals surface area contributed by atoms with Crippen molar-refractivity contribution in [2.75, 3.05) is 7.11 Å². The molecular weight excluding hydrogens is 321 g/mol. The van der Waals surface area contributed by atoms with Gasteiger partial charge in [-0.05, 0) is 12.1 Å². The van der Waals surface area contributed by atoms with E-state index in [1.807, 2.05) is 0 Å². The van der Waals surface area contributed by atoms with Crippen molar-refractivity contribution in [1.82, 2.24) is 9.94 Å². The second-order valence-electron chi connectivity index (χ2n) is 4.18. The van der Waals surface area contributed by atoms with E-state index in [2.05, 4.69) is 14.6 Å². The molecular formula is C13H11F3N2O5. The van der Waals surface area contributed by atoms with Crippen LogP contribution < -0.4 is 9.47 Å². The van der Waals surface area contributed by atoms with Gasteiger partial charge < -0.3 is 19.4 Å². The van der Waals surface area contributed by atoms with Gasteiger partial charge >= 0.3 is 12.3 Å². The second kappa shape index (κ2) is 6.46. The lowest BCUT2D eigenvalue weighted by atomic mass is 10.1. The van der Waals surface area contributed by atoms with E-state index in [0.29, 0.717) is 4.85 Å². The van der Waals surface area contributed by atoms with Gasteiger partial charge in [0.1, 0.15) is 12.4 Å². The summed E-state index contributed by atoms with van der Waals surface area (Å²) in [6.07, 6.45) is -3.77. The van der Waals surface area contributed by atoms with Crippen LogP contribution in [0, 0.1) is 0 Å². The molecule has 124 valence electrons. The Morgan fingerprint density at radius 1 is 1.35 bits per heavy atom. The van der Waals surface area contributed by atoms with E-state index >= 15 is 0 Å². The Bertz CT molecular complexity index is 699. The lowest BCUT2D eigenvalue weighted by Crippen LogP contribution is -2.20. The minimum atomic E-state index is -4.93. The Morgan fingerprint density at radius 3 is 2.65 bits per heavy atom. The molecule has 0 saturated carbocycles. The lowest BCUT2D eigenvalue weighted by molar-refractivity contribution is -0.275. The fourth-order valence-electron chi connectivity index (χ4n) is 1.76. The van der Waals surface area contributed by atoms with Crippen molar-refractivity contribution in [3.63, 3.8) is 0 Å². The van der Waals surface area contributed by atoms with Gasteiger partial charge in [-0.1, -0.05) is 11.2 Å². The first-order valence-electron chi connectivity index (χ1n) is 6.14. The zero-order valence-corrected chi connectivity index (χ0v) is 11.7. The number of alkyl halides is 3. The van der Waals surface area contributed by atoms with E-state index in [4.69, 9.17) is 9.94 Å². The van der Waals surface area contributed by atoms with Crippen LogP contribution >= 0.6 is 0 Å². The first-order chi connectivity index (χ1) is 10.8. The molecule has 10 heteroatoms. The van der Waals surface area contributed by atoms with E-state index in [9.17, 15) is 18.0 Å². The summed E-state index contributed by atoms with van der Waals surface area (Å²) in [6.45, 7) is -0.451. The Labute approximate surface area is 127 Å². The summed E-state index contributed by atoms with van der Waals surface area (Å²) < 4.78 is 51.0. The highest BCUT2D eigenvalue weighted by Crippen LogP contribution is 2.30. The van der Waals surface area contributed by atoms with Gasteiger partial charge in [0.25, 0.3) is 0 Å². The first kappa shape index (κ1) is 16.5. The predicted molar refractivity (Wildman–Crippen MR) is 68.2 cm³/mol. The number of rotatable bonds is 5. The molecule has 0 fully saturated rings. The van der Waals surface area contributed by atoms with Crippen LogP contribution in [0.2, 0.25) is 0 Å². The molecule has 1 aromatic carbocycles. The summed E-state index contributed by atoms with van der Waals surface area (Å²) >= 11 is 0. The maximum absolute atomic E-state index is 12.5. The normalized spacial score (nSPS) is 11.1. The Kier molecular flexibility index (Phi) is 4.63. The van der Waals surface area contributed by atoms with Gasteiger partial charge in [-0.3, -0.25) is 0 Å². The Balaban J connectivity index is 2.33. The van der Waals surface area contributed by atoms with Crippen LogP contribution in [-0.4, -0.2) is 34.6 Å². The number of carbonyl (C=O) groups is 1. The standard InChI is InChI=1S/C13H11F3N2O5/c1-21-12(19)8-3-2-4-10(23-13(14,15)16)9(8)7-22-11-5-6-18(20)17-11/h2-6,20H,7H2,1H3. The van der Waals surface area contributed by atoms with Gasteiger partial charge in [0.15, 0.2) is 0 Å². The molecule has 7 nitrogen and oxygen atoms in total. The number of nitrogens with zero attached hydrogens (tertiary/aromatic N) is 2. The molecule has 0 bridgehead atoms. The molecule has 0 unspecified atom stereocenters. The molecule has 0 aliphatic carbocycles. The van der Waals surface area contributed by atoms with Gasteiger partial charge in [-0.2, -0.15) is 0 Å². The van der Waals surface area contributed by atoms with Gasteiger partial charge in [0, 0.05) is 11.6 Å². The molecule has 1 heterocycles. The van der Waals surface area contributed by atoms with Gasteiger partial charge in [0.2, 0.25) is 5.88 Å². The zero-order valence-electron chi connectivity index (χ0n) is 11.7. The van der Waals surface area contributed by atoms with Gasteiger partial charge in [-0.25, -0.2) is 4.79 Å². The number of ether oxygens (including phenoxy) is 3. The Hall–Kier alpha value is -2.91. The molecule has 1 N–H and O–H groups in total.